The molecule has 0 aromatic heterocycles. The Morgan fingerprint density at radius 1 is 0.718 bits per heavy atom. The van der Waals surface area contributed by atoms with Gasteiger partial charge in [-0.05, 0) is 12.8 Å². The molecule has 3 unspecified atom stereocenters. The Balaban J connectivity index is 4.11. The predicted octanol–water partition coefficient (Wildman–Crippen LogP) is 5.27. The quantitative estimate of drug-likeness (QED) is 0.0570. The molecular weight excluding hydrogens is 529 g/mol. The van der Waals surface area contributed by atoms with Crippen molar-refractivity contribution in [1.29, 1.82) is 0 Å². The Morgan fingerprint density at radius 3 is 1.69 bits per heavy atom. The molecule has 230 valence electrons. The predicted molar refractivity (Wildman–Crippen MR) is 148 cm³/mol. The van der Waals surface area contributed by atoms with Crippen molar-refractivity contribution >= 4 is 25.7 Å². The van der Waals surface area contributed by atoms with Crippen LogP contribution >= 0.6 is 7.82 Å². The fraction of sp³-hybridized carbons (Fsp3) is 0.889. The lowest BCUT2D eigenvalue weighted by Gasteiger charge is -2.18. The molecule has 0 aliphatic rings. The summed E-state index contributed by atoms with van der Waals surface area (Å²) in [5.74, 6) is -2.39. The van der Waals surface area contributed by atoms with E-state index < -0.39 is 57.6 Å². The second kappa shape index (κ2) is 24.3. The summed E-state index contributed by atoms with van der Waals surface area (Å²) in [5, 5.41) is 21.4. The Morgan fingerprint density at radius 2 is 1.18 bits per heavy atom. The van der Waals surface area contributed by atoms with Crippen molar-refractivity contribution in [3.8, 4) is 0 Å². The number of esters is 1. The third-order valence-corrected chi connectivity index (χ3v) is 7.10. The number of unbranched alkanes of at least 4 members (excludes halogenated alkanes) is 13. The fourth-order valence-electron chi connectivity index (χ4n) is 3.78. The van der Waals surface area contributed by atoms with E-state index in [1.807, 2.05) is 0 Å². The number of nitrogens with one attached hydrogen (secondary N) is 1. The standard InChI is InChI=1S/C27H52NO10P/c1-3-5-7-9-10-11-12-13-15-16-18-25(30)28-24(27(32)33)22-38-39(34,35)37-21-23(29)20-36-26(31)19-17-14-8-6-4-2/h23-24,29H,3-22H2,1-2H3,(H,28,30)(H,32,33)(H,34,35). The first-order valence-electron chi connectivity index (χ1n) is 14.6. The highest BCUT2D eigenvalue weighted by molar-refractivity contribution is 7.47. The van der Waals surface area contributed by atoms with Gasteiger partial charge in [-0.15, -0.1) is 0 Å². The highest BCUT2D eigenvalue weighted by Crippen LogP contribution is 2.43. The third kappa shape index (κ3) is 24.0. The van der Waals surface area contributed by atoms with Crippen LogP contribution in [-0.4, -0.2) is 64.9 Å². The van der Waals surface area contributed by atoms with E-state index in [0.717, 1.165) is 44.9 Å². The van der Waals surface area contributed by atoms with E-state index >= 15 is 0 Å². The van der Waals surface area contributed by atoms with E-state index in [9.17, 15) is 34.1 Å². The number of rotatable bonds is 27. The molecule has 3 atom stereocenters. The smallest absolute Gasteiger partial charge is 0.472 e. The molecule has 1 amide bonds. The SMILES string of the molecule is CCCCCCCCCCCCC(=O)NC(COP(=O)(O)OCC(O)COC(=O)CCCCCCC)C(=O)O. The first-order valence-corrected chi connectivity index (χ1v) is 16.1. The summed E-state index contributed by atoms with van der Waals surface area (Å²) < 4.78 is 26.3. The van der Waals surface area contributed by atoms with Gasteiger partial charge in [0.25, 0.3) is 0 Å². The number of hydrogen-bond acceptors (Lipinski definition) is 8. The van der Waals surface area contributed by atoms with Crippen molar-refractivity contribution in [2.45, 2.75) is 135 Å². The molecule has 39 heavy (non-hydrogen) atoms. The number of carbonyl (C=O) groups excluding carboxylic acids is 2. The van der Waals surface area contributed by atoms with Gasteiger partial charge in [-0.25, -0.2) is 9.36 Å². The summed E-state index contributed by atoms with van der Waals surface area (Å²) in [5.41, 5.74) is 0. The van der Waals surface area contributed by atoms with E-state index in [2.05, 4.69) is 23.7 Å². The van der Waals surface area contributed by atoms with Gasteiger partial charge in [0.1, 0.15) is 12.7 Å². The second-order valence-corrected chi connectivity index (χ2v) is 11.4. The zero-order chi connectivity index (χ0) is 29.4. The average molecular weight is 582 g/mol. The molecule has 11 nitrogen and oxygen atoms in total. The Hall–Kier alpha value is -1.52. The van der Waals surface area contributed by atoms with Crippen LogP contribution in [0.3, 0.4) is 0 Å². The van der Waals surface area contributed by atoms with Gasteiger partial charge in [-0.1, -0.05) is 97.3 Å². The summed E-state index contributed by atoms with van der Waals surface area (Å²) in [6.07, 6.45) is 14.9. The van der Waals surface area contributed by atoms with Crippen molar-refractivity contribution in [3.05, 3.63) is 0 Å². The minimum atomic E-state index is -4.72. The zero-order valence-corrected chi connectivity index (χ0v) is 24.8. The normalized spacial score (nSPS) is 14.4. The topological polar surface area (TPSA) is 169 Å². The minimum Gasteiger partial charge on any atom is -0.480 e. The molecule has 0 aliphatic heterocycles. The van der Waals surface area contributed by atoms with Crippen LogP contribution in [0.1, 0.15) is 123 Å². The van der Waals surface area contributed by atoms with Gasteiger partial charge >= 0.3 is 19.8 Å². The lowest BCUT2D eigenvalue weighted by Crippen LogP contribution is -2.43. The first-order chi connectivity index (χ1) is 18.6. The minimum absolute atomic E-state index is 0.150. The van der Waals surface area contributed by atoms with E-state index in [0.29, 0.717) is 12.8 Å². The van der Waals surface area contributed by atoms with Crippen molar-refractivity contribution in [3.63, 3.8) is 0 Å². The molecule has 0 fully saturated rings. The molecule has 0 saturated heterocycles. The van der Waals surface area contributed by atoms with E-state index in [4.69, 9.17) is 9.26 Å². The molecule has 4 N–H and O–H groups in total. The molecule has 0 rings (SSSR count). The molecule has 0 saturated carbocycles. The van der Waals surface area contributed by atoms with Crippen LogP contribution in [0.2, 0.25) is 0 Å². The van der Waals surface area contributed by atoms with Gasteiger partial charge in [0.15, 0.2) is 6.04 Å². The number of phosphoric ester groups is 1. The molecule has 0 radical (unpaired) electrons. The monoisotopic (exact) mass is 581 g/mol. The number of carboxylic acids is 1. The molecule has 0 bridgehead atoms. The van der Waals surface area contributed by atoms with Gasteiger partial charge in [0.05, 0.1) is 13.2 Å². The molecule has 12 heteroatoms. The number of carbonyl (C=O) groups is 3. The summed E-state index contributed by atoms with van der Waals surface area (Å²) in [4.78, 5) is 45.0. The number of aliphatic hydroxyl groups is 1. The number of ether oxygens (including phenoxy) is 1. The van der Waals surface area contributed by atoms with E-state index in [-0.39, 0.29) is 12.8 Å². The van der Waals surface area contributed by atoms with Crippen LogP contribution in [0.25, 0.3) is 0 Å². The van der Waals surface area contributed by atoms with Crippen LogP contribution < -0.4 is 5.32 Å². The first kappa shape index (κ1) is 37.5. The lowest BCUT2D eigenvalue weighted by atomic mass is 10.1. The zero-order valence-electron chi connectivity index (χ0n) is 23.9. The summed E-state index contributed by atoms with van der Waals surface area (Å²) in [7, 11) is -4.72. The molecular formula is C27H52NO10P. The van der Waals surface area contributed by atoms with Gasteiger partial charge in [-0.2, -0.15) is 0 Å². The van der Waals surface area contributed by atoms with E-state index in [1.54, 1.807) is 0 Å². The number of aliphatic hydroxyl groups excluding tert-OH is 1. The maximum absolute atomic E-state index is 12.1. The molecule has 0 heterocycles. The highest BCUT2D eigenvalue weighted by Gasteiger charge is 2.28. The molecule has 0 aromatic carbocycles. The van der Waals surface area contributed by atoms with Gasteiger partial charge in [-0.3, -0.25) is 18.6 Å². The van der Waals surface area contributed by atoms with Gasteiger partial charge in [0, 0.05) is 12.8 Å². The van der Waals surface area contributed by atoms with Crippen molar-refractivity contribution in [2.24, 2.45) is 0 Å². The van der Waals surface area contributed by atoms with Crippen molar-refractivity contribution in [2.75, 3.05) is 19.8 Å². The summed E-state index contributed by atoms with van der Waals surface area (Å²) >= 11 is 0. The Bertz CT molecular complexity index is 706. The largest absolute Gasteiger partial charge is 0.480 e. The lowest BCUT2D eigenvalue weighted by molar-refractivity contribution is -0.147. The van der Waals surface area contributed by atoms with Gasteiger partial charge < -0.3 is 25.2 Å². The van der Waals surface area contributed by atoms with Crippen LogP contribution in [0.5, 0.6) is 0 Å². The van der Waals surface area contributed by atoms with Crippen LogP contribution in [0.4, 0.5) is 0 Å². The number of phosphoric acid groups is 1. The Labute approximate surface area is 234 Å². The summed E-state index contributed by atoms with van der Waals surface area (Å²) in [6, 6.07) is -1.53. The number of amides is 1. The summed E-state index contributed by atoms with van der Waals surface area (Å²) in [6.45, 7) is 2.41. The van der Waals surface area contributed by atoms with Crippen molar-refractivity contribution < 1.29 is 47.8 Å². The maximum Gasteiger partial charge on any atom is 0.472 e. The third-order valence-electron chi connectivity index (χ3n) is 6.15. The maximum atomic E-state index is 12.1. The molecule has 0 aromatic rings. The van der Waals surface area contributed by atoms with E-state index in [1.165, 1.54) is 38.5 Å². The number of hydrogen-bond donors (Lipinski definition) is 4. The highest BCUT2D eigenvalue weighted by atomic mass is 31.2. The average Bonchev–Trinajstić information content (AvgIpc) is 2.89. The van der Waals surface area contributed by atoms with Gasteiger partial charge in [0.2, 0.25) is 5.91 Å². The van der Waals surface area contributed by atoms with Crippen molar-refractivity contribution in [1.82, 2.24) is 5.32 Å². The van der Waals surface area contributed by atoms with Crippen LogP contribution in [-0.2, 0) is 32.7 Å². The number of aliphatic carboxylic acids is 1. The fourth-order valence-corrected chi connectivity index (χ4v) is 4.56. The molecule has 0 aliphatic carbocycles. The van der Waals surface area contributed by atoms with Crippen LogP contribution in [0, 0.1) is 0 Å². The Kier molecular flexibility index (Phi) is 23.3. The molecule has 0 spiro atoms. The number of carboxylic acid groups (broad SMARTS) is 1. The second-order valence-electron chi connectivity index (χ2n) is 9.95. The van der Waals surface area contributed by atoms with Crippen LogP contribution in [0.15, 0.2) is 0 Å².